The summed E-state index contributed by atoms with van der Waals surface area (Å²) in [6.07, 6.45) is 3.11. The number of hydrogen-bond acceptors (Lipinski definition) is 6. The predicted octanol–water partition coefficient (Wildman–Crippen LogP) is 5.23. The van der Waals surface area contributed by atoms with Crippen LogP contribution in [0.5, 0.6) is 11.5 Å². The van der Waals surface area contributed by atoms with Crippen LogP contribution in [0.15, 0.2) is 66.9 Å². The molecule has 1 fully saturated rings. The molecule has 1 N–H and O–H groups in total. The molecular weight excluding hydrogens is 512 g/mol. The minimum Gasteiger partial charge on any atom is -0.454 e. The van der Waals surface area contributed by atoms with Crippen molar-refractivity contribution in [2.45, 2.75) is 24.5 Å². The normalized spacial score (nSPS) is 16.2. The summed E-state index contributed by atoms with van der Waals surface area (Å²) < 4.78 is 38.7. The number of piperidine rings is 1. The Morgan fingerprint density at radius 1 is 1.00 bits per heavy atom. The molecule has 2 aliphatic heterocycles. The Labute approximate surface area is 220 Å². The first-order valence-electron chi connectivity index (χ1n) is 12.1. The van der Waals surface area contributed by atoms with Crippen LogP contribution in [-0.2, 0) is 15.8 Å². The lowest BCUT2D eigenvalue weighted by Gasteiger charge is -2.30. The summed E-state index contributed by atoms with van der Waals surface area (Å²) in [5.41, 5.74) is 4.02. The van der Waals surface area contributed by atoms with E-state index >= 15 is 0 Å². The van der Waals surface area contributed by atoms with Crippen molar-refractivity contribution in [3.63, 3.8) is 0 Å². The van der Waals surface area contributed by atoms with Gasteiger partial charge in [0.15, 0.2) is 11.5 Å². The largest absolute Gasteiger partial charge is 0.454 e. The molecule has 0 spiro atoms. The fraction of sp³-hybridized carbons (Fsp3) is 0.259. The molecule has 2 aromatic carbocycles. The van der Waals surface area contributed by atoms with E-state index in [9.17, 15) is 8.42 Å². The summed E-state index contributed by atoms with van der Waals surface area (Å²) in [6, 6.07) is 18.5. The minimum atomic E-state index is -3.43. The number of aromatic amines is 1. The summed E-state index contributed by atoms with van der Waals surface area (Å²) in [5.74, 6) is 2.31. The van der Waals surface area contributed by atoms with Crippen molar-refractivity contribution in [1.82, 2.24) is 19.3 Å². The molecule has 2 aromatic heterocycles. The average molecular weight is 537 g/mol. The maximum Gasteiger partial charge on any atom is 0.231 e. The topological polar surface area (TPSA) is 97.4 Å². The fourth-order valence-electron chi connectivity index (χ4n) is 4.82. The van der Waals surface area contributed by atoms with E-state index in [2.05, 4.69) is 9.97 Å². The van der Waals surface area contributed by atoms with Crippen molar-refractivity contribution in [2.24, 2.45) is 0 Å². The second-order valence-corrected chi connectivity index (χ2v) is 11.6. The van der Waals surface area contributed by atoms with Crippen molar-refractivity contribution in [2.75, 3.05) is 19.9 Å². The lowest BCUT2D eigenvalue weighted by molar-refractivity contribution is 0.174. The number of sulfonamides is 1. The van der Waals surface area contributed by atoms with Gasteiger partial charge in [-0.2, -0.15) is 0 Å². The standard InChI is InChI=1S/C27H25ClN4O4S/c28-21-7-4-18(5-8-21)16-37(33,34)32-13-10-19(11-14-32)27-30-25(26(31-27)22-3-1-2-12-29-22)20-6-9-23-24(15-20)36-17-35-23/h1-9,12,15,19H,10-11,13-14,16-17H2,(H,30,31). The maximum absolute atomic E-state index is 13.0. The molecule has 0 unspecified atom stereocenters. The number of pyridine rings is 1. The van der Waals surface area contributed by atoms with Gasteiger partial charge >= 0.3 is 0 Å². The van der Waals surface area contributed by atoms with E-state index in [0.717, 1.165) is 34.0 Å². The smallest absolute Gasteiger partial charge is 0.231 e. The number of benzene rings is 2. The molecule has 0 bridgehead atoms. The van der Waals surface area contributed by atoms with Gasteiger partial charge in [0.05, 0.1) is 22.8 Å². The molecule has 1 saturated heterocycles. The van der Waals surface area contributed by atoms with Crippen molar-refractivity contribution in [3.05, 3.63) is 83.3 Å². The van der Waals surface area contributed by atoms with Gasteiger partial charge in [-0.25, -0.2) is 17.7 Å². The summed E-state index contributed by atoms with van der Waals surface area (Å²) in [6.45, 7) is 1.09. The van der Waals surface area contributed by atoms with E-state index in [4.69, 9.17) is 26.1 Å². The van der Waals surface area contributed by atoms with E-state index in [1.807, 2.05) is 36.4 Å². The first-order chi connectivity index (χ1) is 18.0. The molecule has 8 nitrogen and oxygen atoms in total. The zero-order chi connectivity index (χ0) is 25.4. The number of hydrogen-bond donors (Lipinski definition) is 1. The second-order valence-electron chi connectivity index (χ2n) is 9.18. The second kappa shape index (κ2) is 9.81. The van der Waals surface area contributed by atoms with Crippen molar-refractivity contribution in [3.8, 4) is 34.1 Å². The van der Waals surface area contributed by atoms with Gasteiger partial charge in [0.1, 0.15) is 5.82 Å². The molecule has 0 amide bonds. The lowest BCUT2D eigenvalue weighted by atomic mass is 9.97. The molecule has 4 aromatic rings. The lowest BCUT2D eigenvalue weighted by Crippen LogP contribution is -2.38. The SMILES string of the molecule is O=S(=O)(Cc1ccc(Cl)cc1)N1CCC(c2nc(-c3ccc4c(c3)OCO4)c(-c3ccccn3)[nH]2)CC1. The van der Waals surface area contributed by atoms with Gasteiger partial charge in [-0.05, 0) is 60.9 Å². The fourth-order valence-corrected chi connectivity index (χ4v) is 6.51. The quantitative estimate of drug-likeness (QED) is 0.362. The Morgan fingerprint density at radius 2 is 1.78 bits per heavy atom. The molecule has 0 atom stereocenters. The summed E-state index contributed by atoms with van der Waals surface area (Å²) in [5, 5.41) is 0.589. The Kier molecular flexibility index (Phi) is 6.36. The molecule has 0 saturated carbocycles. The van der Waals surface area contributed by atoms with Crippen LogP contribution in [0.25, 0.3) is 22.6 Å². The Hall–Kier alpha value is -3.40. The Bertz CT molecular complexity index is 1520. The highest BCUT2D eigenvalue weighted by molar-refractivity contribution is 7.88. The number of H-pyrrole nitrogens is 1. The number of ether oxygens (including phenoxy) is 2. The first kappa shape index (κ1) is 24.0. The van der Waals surface area contributed by atoms with E-state index in [0.29, 0.717) is 42.5 Å². The van der Waals surface area contributed by atoms with Crippen LogP contribution >= 0.6 is 11.6 Å². The molecule has 4 heterocycles. The van der Waals surface area contributed by atoms with Gasteiger partial charge in [0.2, 0.25) is 16.8 Å². The van der Waals surface area contributed by atoms with E-state index in [-0.39, 0.29) is 18.5 Å². The third-order valence-electron chi connectivity index (χ3n) is 6.79. The molecule has 10 heteroatoms. The average Bonchev–Trinajstić information content (AvgIpc) is 3.58. The highest BCUT2D eigenvalue weighted by atomic mass is 35.5. The molecule has 190 valence electrons. The minimum absolute atomic E-state index is 0.0341. The molecular formula is C27H25ClN4O4S. The summed E-state index contributed by atoms with van der Waals surface area (Å²) in [4.78, 5) is 13.0. The van der Waals surface area contributed by atoms with Gasteiger partial charge < -0.3 is 14.5 Å². The predicted molar refractivity (Wildman–Crippen MR) is 141 cm³/mol. The first-order valence-corrected chi connectivity index (χ1v) is 14.1. The van der Waals surface area contributed by atoms with Gasteiger partial charge in [-0.15, -0.1) is 0 Å². The number of rotatable bonds is 6. The Balaban J connectivity index is 1.24. The number of imidazole rings is 1. The van der Waals surface area contributed by atoms with Gasteiger partial charge in [0.25, 0.3) is 0 Å². The number of nitrogens with one attached hydrogen (secondary N) is 1. The van der Waals surface area contributed by atoms with Crippen LogP contribution in [0.3, 0.4) is 0 Å². The zero-order valence-electron chi connectivity index (χ0n) is 19.9. The van der Waals surface area contributed by atoms with E-state index in [1.54, 1.807) is 34.8 Å². The van der Waals surface area contributed by atoms with Crippen LogP contribution in [-0.4, -0.2) is 47.6 Å². The van der Waals surface area contributed by atoms with E-state index < -0.39 is 10.0 Å². The third kappa shape index (κ3) is 4.94. The summed E-state index contributed by atoms with van der Waals surface area (Å²) >= 11 is 5.94. The Morgan fingerprint density at radius 3 is 2.54 bits per heavy atom. The molecule has 37 heavy (non-hydrogen) atoms. The highest BCUT2D eigenvalue weighted by Gasteiger charge is 2.31. The molecule has 0 aliphatic carbocycles. The third-order valence-corrected chi connectivity index (χ3v) is 8.89. The monoisotopic (exact) mass is 536 g/mol. The van der Waals surface area contributed by atoms with Crippen LogP contribution in [0.1, 0.15) is 30.1 Å². The van der Waals surface area contributed by atoms with Crippen LogP contribution < -0.4 is 9.47 Å². The van der Waals surface area contributed by atoms with Crippen molar-refractivity contribution < 1.29 is 17.9 Å². The van der Waals surface area contributed by atoms with Gasteiger partial charge in [0, 0.05) is 35.8 Å². The van der Waals surface area contributed by atoms with Gasteiger partial charge in [-0.3, -0.25) is 4.98 Å². The number of aromatic nitrogens is 3. The van der Waals surface area contributed by atoms with Crippen LogP contribution in [0, 0.1) is 0 Å². The summed E-state index contributed by atoms with van der Waals surface area (Å²) in [7, 11) is -3.43. The van der Waals surface area contributed by atoms with E-state index in [1.165, 1.54) is 0 Å². The van der Waals surface area contributed by atoms with Crippen LogP contribution in [0.4, 0.5) is 0 Å². The number of nitrogens with zero attached hydrogens (tertiary/aromatic N) is 3. The number of fused-ring (bicyclic) bond motifs is 1. The van der Waals surface area contributed by atoms with Crippen molar-refractivity contribution in [1.29, 1.82) is 0 Å². The highest BCUT2D eigenvalue weighted by Crippen LogP contribution is 2.39. The molecule has 6 rings (SSSR count). The molecule has 0 radical (unpaired) electrons. The maximum atomic E-state index is 13.0. The van der Waals surface area contributed by atoms with Crippen molar-refractivity contribution >= 4 is 21.6 Å². The zero-order valence-corrected chi connectivity index (χ0v) is 21.5. The number of halogens is 1. The van der Waals surface area contributed by atoms with Crippen LogP contribution in [0.2, 0.25) is 5.02 Å². The van der Waals surface area contributed by atoms with Gasteiger partial charge in [-0.1, -0.05) is 29.8 Å². The molecule has 2 aliphatic rings.